The highest BCUT2D eigenvalue weighted by Gasteiger charge is 2.33. The third kappa shape index (κ3) is 2.58. The fourth-order valence-corrected chi connectivity index (χ4v) is 4.15. The van der Waals surface area contributed by atoms with Gasteiger partial charge in [-0.05, 0) is 24.3 Å². The van der Waals surface area contributed by atoms with Crippen LogP contribution in [0.15, 0.2) is 30.6 Å². The number of nitrogens with one attached hydrogen (secondary N) is 1. The van der Waals surface area contributed by atoms with Crippen LogP contribution in [0.5, 0.6) is 5.88 Å². The van der Waals surface area contributed by atoms with Gasteiger partial charge in [0.2, 0.25) is 10.8 Å². The summed E-state index contributed by atoms with van der Waals surface area (Å²) in [5, 5.41) is 14.6. The lowest BCUT2D eigenvalue weighted by Gasteiger charge is -2.31. The minimum Gasteiger partial charge on any atom is -0.492 e. The molecule has 0 spiro atoms. The summed E-state index contributed by atoms with van der Waals surface area (Å²) in [5.41, 5.74) is 0.961. The maximum absolute atomic E-state index is 13.3. The SMILES string of the molecule is Oc1c([C@H](c2ccc(F)cc2)[NH+]2CCOCC2)sc2ncnn12. The van der Waals surface area contributed by atoms with E-state index in [1.807, 2.05) is 0 Å². The Bertz CT molecular complexity index is 811. The van der Waals surface area contributed by atoms with Crippen molar-refractivity contribution in [2.24, 2.45) is 0 Å². The van der Waals surface area contributed by atoms with Crippen LogP contribution in [0, 0.1) is 5.82 Å². The van der Waals surface area contributed by atoms with Gasteiger partial charge in [0.25, 0.3) is 0 Å². The van der Waals surface area contributed by atoms with Crippen molar-refractivity contribution in [3.05, 3.63) is 46.9 Å². The van der Waals surface area contributed by atoms with E-state index in [2.05, 4.69) is 10.1 Å². The van der Waals surface area contributed by atoms with E-state index in [-0.39, 0.29) is 17.7 Å². The topological polar surface area (TPSA) is 64.1 Å². The summed E-state index contributed by atoms with van der Waals surface area (Å²) < 4.78 is 20.2. The van der Waals surface area contributed by atoms with E-state index in [9.17, 15) is 9.50 Å². The van der Waals surface area contributed by atoms with Crippen LogP contribution in [0.1, 0.15) is 16.5 Å². The van der Waals surface area contributed by atoms with Crippen molar-refractivity contribution >= 4 is 16.3 Å². The van der Waals surface area contributed by atoms with Gasteiger partial charge in [-0.2, -0.15) is 9.61 Å². The van der Waals surface area contributed by atoms with Crippen LogP contribution in [0.2, 0.25) is 0 Å². The molecule has 120 valence electrons. The molecule has 0 aliphatic carbocycles. The number of nitrogens with zero attached hydrogens (tertiary/aromatic N) is 3. The molecule has 1 aromatic carbocycles. The second kappa shape index (κ2) is 5.88. The average Bonchev–Trinajstić information content (AvgIpc) is 3.15. The number of rotatable bonds is 3. The summed E-state index contributed by atoms with van der Waals surface area (Å²) in [6, 6.07) is 6.37. The number of thiazole rings is 1. The summed E-state index contributed by atoms with van der Waals surface area (Å²) in [4.78, 5) is 6.88. The average molecular weight is 335 g/mol. The Kier molecular flexibility index (Phi) is 3.72. The number of benzene rings is 1. The standard InChI is InChI=1S/C15H15FN4O2S/c16-11-3-1-10(2-4-11)12(19-5-7-22-8-6-19)13-14(21)20-15(23-13)17-9-18-20/h1-4,9,12,21H,5-8H2/p+1/t12-/m0/s1. The first kappa shape index (κ1) is 14.6. The van der Waals surface area contributed by atoms with Gasteiger partial charge in [-0.3, -0.25) is 0 Å². The van der Waals surface area contributed by atoms with Gasteiger partial charge in [-0.25, -0.2) is 9.37 Å². The van der Waals surface area contributed by atoms with Crippen LogP contribution in [0.4, 0.5) is 4.39 Å². The summed E-state index contributed by atoms with van der Waals surface area (Å²) >= 11 is 1.42. The molecule has 0 unspecified atom stereocenters. The predicted molar refractivity (Wildman–Crippen MR) is 82.3 cm³/mol. The lowest BCUT2D eigenvalue weighted by Crippen LogP contribution is -3.14. The lowest BCUT2D eigenvalue weighted by atomic mass is 10.0. The minimum absolute atomic E-state index is 0.0898. The van der Waals surface area contributed by atoms with E-state index in [1.165, 1.54) is 39.2 Å². The van der Waals surface area contributed by atoms with E-state index in [4.69, 9.17) is 4.74 Å². The molecule has 4 rings (SSSR count). The molecule has 0 amide bonds. The highest BCUT2D eigenvalue weighted by atomic mass is 32.1. The Balaban J connectivity index is 1.81. The molecule has 0 radical (unpaired) electrons. The van der Waals surface area contributed by atoms with Gasteiger partial charge in [-0.1, -0.05) is 11.3 Å². The first-order valence-corrected chi connectivity index (χ1v) is 8.25. The monoisotopic (exact) mass is 335 g/mol. The molecule has 2 N–H and O–H groups in total. The Hall–Kier alpha value is -2.03. The van der Waals surface area contributed by atoms with E-state index < -0.39 is 0 Å². The zero-order valence-corrected chi connectivity index (χ0v) is 13.1. The minimum atomic E-state index is -0.267. The molecule has 1 aliphatic rings. The molecule has 23 heavy (non-hydrogen) atoms. The second-order valence-electron chi connectivity index (χ2n) is 5.50. The number of ether oxygens (including phenoxy) is 1. The van der Waals surface area contributed by atoms with Crippen molar-refractivity contribution in [2.45, 2.75) is 6.04 Å². The Morgan fingerprint density at radius 3 is 2.70 bits per heavy atom. The summed E-state index contributed by atoms with van der Waals surface area (Å²) in [7, 11) is 0. The first-order chi connectivity index (χ1) is 11.2. The van der Waals surface area contributed by atoms with Gasteiger partial charge in [-0.15, -0.1) is 0 Å². The normalized spacial score (nSPS) is 17.6. The van der Waals surface area contributed by atoms with Crippen LogP contribution < -0.4 is 4.90 Å². The number of hydrogen-bond acceptors (Lipinski definition) is 5. The van der Waals surface area contributed by atoms with Crippen LogP contribution in [0.25, 0.3) is 4.96 Å². The van der Waals surface area contributed by atoms with Crippen molar-refractivity contribution in [2.75, 3.05) is 26.3 Å². The molecule has 1 saturated heterocycles. The molecule has 0 bridgehead atoms. The van der Waals surface area contributed by atoms with E-state index in [1.54, 1.807) is 12.1 Å². The van der Waals surface area contributed by atoms with Crippen molar-refractivity contribution in [1.29, 1.82) is 0 Å². The summed E-state index contributed by atoms with van der Waals surface area (Å²) in [6.45, 7) is 3.01. The van der Waals surface area contributed by atoms with E-state index in [0.717, 1.165) is 23.5 Å². The van der Waals surface area contributed by atoms with E-state index >= 15 is 0 Å². The molecule has 3 aromatic rings. The van der Waals surface area contributed by atoms with E-state index in [0.29, 0.717) is 18.2 Å². The van der Waals surface area contributed by atoms with Crippen LogP contribution >= 0.6 is 11.3 Å². The molecule has 3 heterocycles. The van der Waals surface area contributed by atoms with Gasteiger partial charge >= 0.3 is 0 Å². The quantitative estimate of drug-likeness (QED) is 0.737. The molecule has 6 nitrogen and oxygen atoms in total. The smallest absolute Gasteiger partial charge is 0.235 e. The zero-order chi connectivity index (χ0) is 15.8. The Labute approximate surface area is 135 Å². The number of aromatic nitrogens is 3. The highest BCUT2D eigenvalue weighted by Crippen LogP contribution is 2.34. The maximum Gasteiger partial charge on any atom is 0.235 e. The van der Waals surface area contributed by atoms with Crippen molar-refractivity contribution in [1.82, 2.24) is 14.6 Å². The number of fused-ring (bicyclic) bond motifs is 1. The van der Waals surface area contributed by atoms with Crippen LogP contribution in [-0.4, -0.2) is 46.0 Å². The first-order valence-electron chi connectivity index (χ1n) is 7.43. The summed E-state index contributed by atoms with van der Waals surface area (Å²) in [5.74, 6) is -0.160. The van der Waals surface area contributed by atoms with Gasteiger partial charge in [0.1, 0.15) is 30.1 Å². The van der Waals surface area contributed by atoms with Crippen LogP contribution in [0.3, 0.4) is 0 Å². The van der Waals surface area contributed by atoms with Gasteiger partial charge in [0.05, 0.1) is 13.2 Å². The molecule has 1 atom stereocenters. The Morgan fingerprint density at radius 2 is 2.00 bits per heavy atom. The zero-order valence-electron chi connectivity index (χ0n) is 12.3. The van der Waals surface area contributed by atoms with Crippen molar-refractivity contribution in [3.8, 4) is 5.88 Å². The molecule has 2 aromatic heterocycles. The van der Waals surface area contributed by atoms with Crippen LogP contribution in [-0.2, 0) is 4.74 Å². The molecule has 1 fully saturated rings. The fraction of sp³-hybridized carbons (Fsp3) is 0.333. The molecular weight excluding hydrogens is 319 g/mol. The second-order valence-corrected chi connectivity index (χ2v) is 6.51. The number of halogens is 1. The number of morpholine rings is 1. The summed E-state index contributed by atoms with van der Waals surface area (Å²) in [6.07, 6.45) is 1.42. The van der Waals surface area contributed by atoms with Gasteiger partial charge < -0.3 is 14.7 Å². The number of hydrogen-bond donors (Lipinski definition) is 2. The molecular formula is C15H16FN4O2S+. The molecule has 8 heteroatoms. The molecule has 0 saturated carbocycles. The molecule has 1 aliphatic heterocycles. The number of quaternary nitrogens is 1. The predicted octanol–water partition coefficient (Wildman–Crippen LogP) is 0.640. The Morgan fingerprint density at radius 1 is 1.26 bits per heavy atom. The fourth-order valence-electron chi connectivity index (χ4n) is 3.03. The third-order valence-corrected chi connectivity index (χ3v) is 5.25. The van der Waals surface area contributed by atoms with Crippen molar-refractivity contribution < 1.29 is 19.1 Å². The maximum atomic E-state index is 13.3. The third-order valence-electron chi connectivity index (χ3n) is 4.15. The van der Waals surface area contributed by atoms with Gasteiger partial charge in [0, 0.05) is 5.56 Å². The van der Waals surface area contributed by atoms with Crippen molar-refractivity contribution in [3.63, 3.8) is 0 Å². The largest absolute Gasteiger partial charge is 0.492 e. The number of aromatic hydroxyl groups is 1. The highest BCUT2D eigenvalue weighted by molar-refractivity contribution is 7.17. The lowest BCUT2D eigenvalue weighted by molar-refractivity contribution is -0.932. The van der Waals surface area contributed by atoms with Gasteiger partial charge in [0.15, 0.2) is 6.04 Å².